The predicted octanol–water partition coefficient (Wildman–Crippen LogP) is 7.89. The Morgan fingerprint density at radius 3 is 1.38 bits per heavy atom. The largest absolute Gasteiger partial charge is 0.179 e. The molecule has 0 saturated heterocycles. The lowest BCUT2D eigenvalue weighted by Crippen LogP contribution is -2.07. The van der Waals surface area contributed by atoms with Crippen LogP contribution >= 0.6 is 172 Å². The smallest absolute Gasteiger partial charge is 0.0574 e. The molecular formula is C18H40S14. The minimum absolute atomic E-state index is 0.371. The lowest BCUT2D eigenvalue weighted by atomic mass is 10.6. The average molecular weight is 705 g/mol. The van der Waals surface area contributed by atoms with Crippen molar-refractivity contribution in [2.45, 2.75) is 42.7 Å². The van der Waals surface area contributed by atoms with Gasteiger partial charge in [-0.05, 0) is 11.5 Å². The van der Waals surface area contributed by atoms with Gasteiger partial charge in [-0.2, -0.15) is 136 Å². The fourth-order valence-corrected chi connectivity index (χ4v) is 11.3. The summed E-state index contributed by atoms with van der Waals surface area (Å²) in [5, 5.41) is 0.913. The van der Waals surface area contributed by atoms with Crippen molar-refractivity contribution in [2.24, 2.45) is 0 Å². The summed E-state index contributed by atoms with van der Waals surface area (Å²) in [6.45, 7) is 4.23. The van der Waals surface area contributed by atoms with E-state index in [9.17, 15) is 0 Å². The van der Waals surface area contributed by atoms with Crippen LogP contribution in [0.15, 0.2) is 0 Å². The molecule has 6 unspecified atom stereocenters. The standard InChI is InChI=1S/2C9H20S7/c1-7(11)4-15-9(13)6-16-8(12)5-14-3-2-10;1-7(11)4-15-6-9(13)16-8(12)5-14-3-2-10/h2*7-13H,2-6H2,1H3. The molecule has 0 aliphatic rings. The van der Waals surface area contributed by atoms with E-state index < -0.39 is 0 Å². The number of thiol groups is 8. The third kappa shape index (κ3) is 32.9. The molecule has 0 fully saturated rings. The molecule has 0 amide bonds. The van der Waals surface area contributed by atoms with Gasteiger partial charge in [0.25, 0.3) is 0 Å². The van der Waals surface area contributed by atoms with E-state index in [0.29, 0.717) is 28.8 Å². The van der Waals surface area contributed by atoms with Gasteiger partial charge in [0.05, 0.1) is 18.3 Å². The van der Waals surface area contributed by atoms with Crippen molar-refractivity contribution in [1.29, 1.82) is 0 Å². The highest BCUT2D eigenvalue weighted by atomic mass is 32.2. The van der Waals surface area contributed by atoms with Gasteiger partial charge in [-0.1, -0.05) is 13.8 Å². The summed E-state index contributed by atoms with van der Waals surface area (Å²) in [6.07, 6.45) is 0. The second-order valence-electron chi connectivity index (χ2n) is 6.45. The van der Waals surface area contributed by atoms with Crippen molar-refractivity contribution in [2.75, 3.05) is 57.5 Å². The van der Waals surface area contributed by atoms with Gasteiger partial charge >= 0.3 is 0 Å². The Hall–Kier alpha value is 4.90. The highest BCUT2D eigenvalue weighted by Gasteiger charge is 2.11. The average Bonchev–Trinajstić information content (AvgIpc) is 2.71. The molecule has 0 N–H and O–H groups in total. The molecule has 196 valence electrons. The summed E-state index contributed by atoms with van der Waals surface area (Å²) in [6, 6.07) is 0. The lowest BCUT2D eigenvalue weighted by Gasteiger charge is -2.15. The van der Waals surface area contributed by atoms with E-state index in [1.807, 2.05) is 70.6 Å². The second kappa shape index (κ2) is 28.9. The molecule has 0 aromatic carbocycles. The number of rotatable bonds is 20. The maximum absolute atomic E-state index is 4.56. The molecule has 0 spiro atoms. The van der Waals surface area contributed by atoms with Crippen LogP contribution in [0.5, 0.6) is 0 Å². The maximum Gasteiger partial charge on any atom is 0.0574 e. The Morgan fingerprint density at radius 1 is 0.500 bits per heavy atom. The van der Waals surface area contributed by atoms with Crippen molar-refractivity contribution in [3.8, 4) is 0 Å². The Kier molecular flexibility index (Phi) is 35.3. The third-order valence-electron chi connectivity index (χ3n) is 2.89. The minimum atomic E-state index is 0.371. The van der Waals surface area contributed by atoms with E-state index in [1.54, 1.807) is 0 Å². The first kappa shape index (κ1) is 39.0. The minimum Gasteiger partial charge on any atom is -0.179 e. The van der Waals surface area contributed by atoms with Gasteiger partial charge in [0.1, 0.15) is 0 Å². The highest BCUT2D eigenvalue weighted by molar-refractivity contribution is 8.19. The van der Waals surface area contributed by atoms with Crippen LogP contribution in [0.25, 0.3) is 0 Å². The molecule has 6 atom stereocenters. The van der Waals surface area contributed by atoms with Gasteiger partial charge in [0.2, 0.25) is 0 Å². The van der Waals surface area contributed by atoms with Crippen LogP contribution in [0.1, 0.15) is 13.8 Å². The summed E-state index contributed by atoms with van der Waals surface area (Å²) < 4.78 is 1.55. The summed E-state index contributed by atoms with van der Waals surface area (Å²) in [7, 11) is 0. The molecule has 0 aliphatic carbocycles. The van der Waals surface area contributed by atoms with Crippen LogP contribution in [0.3, 0.4) is 0 Å². The predicted molar refractivity (Wildman–Crippen MR) is 200 cm³/mol. The molecule has 0 nitrogen and oxygen atoms in total. The van der Waals surface area contributed by atoms with Crippen molar-refractivity contribution in [3.05, 3.63) is 0 Å². The normalized spacial score (nSPS) is 17.1. The van der Waals surface area contributed by atoms with Crippen LogP contribution in [-0.4, -0.2) is 86.4 Å². The fourth-order valence-electron chi connectivity index (χ4n) is 1.64. The molecule has 32 heavy (non-hydrogen) atoms. The second-order valence-corrected chi connectivity index (χ2v) is 20.3. The maximum atomic E-state index is 4.56. The van der Waals surface area contributed by atoms with Gasteiger partial charge in [-0.3, -0.25) is 0 Å². The Labute approximate surface area is 268 Å². The van der Waals surface area contributed by atoms with E-state index in [4.69, 9.17) is 0 Å². The van der Waals surface area contributed by atoms with Gasteiger partial charge in [0, 0.05) is 56.5 Å². The lowest BCUT2D eigenvalue weighted by molar-refractivity contribution is 1.14. The zero-order chi connectivity index (χ0) is 24.8. The van der Waals surface area contributed by atoms with E-state index in [2.05, 4.69) is 115 Å². The molecule has 0 aromatic rings. The van der Waals surface area contributed by atoms with Crippen molar-refractivity contribution < 1.29 is 0 Å². The van der Waals surface area contributed by atoms with Crippen molar-refractivity contribution in [3.63, 3.8) is 0 Å². The van der Waals surface area contributed by atoms with Gasteiger partial charge in [-0.25, -0.2) is 0 Å². The first-order valence-electron chi connectivity index (χ1n) is 10.0. The summed E-state index contributed by atoms with van der Waals surface area (Å²) in [5.74, 6) is 10.5. The van der Waals surface area contributed by atoms with E-state index >= 15 is 0 Å². The Bertz CT molecular complexity index is 374. The highest BCUT2D eigenvalue weighted by Crippen LogP contribution is 2.29. The van der Waals surface area contributed by atoms with Crippen LogP contribution < -0.4 is 0 Å². The van der Waals surface area contributed by atoms with Crippen molar-refractivity contribution in [1.82, 2.24) is 0 Å². The molecule has 14 heteroatoms. The molecule has 0 aromatic heterocycles. The zero-order valence-electron chi connectivity index (χ0n) is 18.6. The van der Waals surface area contributed by atoms with E-state index in [0.717, 1.165) is 57.5 Å². The molecule has 0 bridgehead atoms. The first-order valence-corrected chi connectivity index (χ1v) is 20.9. The summed E-state index contributed by atoms with van der Waals surface area (Å²) in [4.78, 5) is 0. The molecule has 0 aliphatic heterocycles. The van der Waals surface area contributed by atoms with Crippen LogP contribution in [-0.2, 0) is 0 Å². The fraction of sp³-hybridized carbons (Fsp3) is 1.00. The topological polar surface area (TPSA) is 0 Å². The number of hydrogen-bond acceptors (Lipinski definition) is 14. The zero-order valence-corrected chi connectivity index (χ0v) is 30.6. The molecule has 0 heterocycles. The van der Waals surface area contributed by atoms with Gasteiger partial charge < -0.3 is 0 Å². The molecule has 0 saturated carbocycles. The van der Waals surface area contributed by atoms with Crippen LogP contribution in [0, 0.1) is 0 Å². The van der Waals surface area contributed by atoms with E-state index in [-0.39, 0.29) is 0 Å². The Balaban J connectivity index is 0. The van der Waals surface area contributed by atoms with Crippen LogP contribution in [0.4, 0.5) is 0 Å². The molecular weight excluding hydrogens is 665 g/mol. The summed E-state index contributed by atoms with van der Waals surface area (Å²) >= 11 is 46.6. The van der Waals surface area contributed by atoms with Crippen LogP contribution in [0.2, 0.25) is 0 Å². The van der Waals surface area contributed by atoms with Crippen molar-refractivity contribution >= 4 is 172 Å². The molecule has 0 radical (unpaired) electrons. The molecule has 0 rings (SSSR count). The monoisotopic (exact) mass is 704 g/mol. The summed E-state index contributed by atoms with van der Waals surface area (Å²) in [5.41, 5.74) is 0. The van der Waals surface area contributed by atoms with Gasteiger partial charge in [0.15, 0.2) is 0 Å². The third-order valence-corrected chi connectivity index (χ3v) is 15.7. The quantitative estimate of drug-likeness (QED) is 0.0367. The SMILES string of the molecule is CC(S)CSC(S)CSC(S)CSCCS.CC(S)CSCC(S)SC(S)CSCCS. The van der Waals surface area contributed by atoms with E-state index in [1.165, 1.54) is 0 Å². The first-order chi connectivity index (χ1) is 15.1. The Morgan fingerprint density at radius 2 is 0.906 bits per heavy atom. The van der Waals surface area contributed by atoms with Gasteiger partial charge in [-0.15, -0.1) is 35.3 Å². The number of hydrogen-bond donors (Lipinski definition) is 8. The number of thioether (sulfide) groups is 6.